The lowest BCUT2D eigenvalue weighted by Crippen LogP contribution is -2.29. The van der Waals surface area contributed by atoms with Crippen molar-refractivity contribution in [3.63, 3.8) is 0 Å². The van der Waals surface area contributed by atoms with Crippen molar-refractivity contribution >= 4 is 11.9 Å². The van der Waals surface area contributed by atoms with Crippen LogP contribution >= 0.6 is 0 Å². The van der Waals surface area contributed by atoms with Gasteiger partial charge in [0.2, 0.25) is 0 Å². The number of aryl methyl sites for hydroxylation is 1. The van der Waals surface area contributed by atoms with Gasteiger partial charge >= 0.3 is 5.97 Å². The van der Waals surface area contributed by atoms with Crippen LogP contribution in [-0.2, 0) is 4.74 Å². The number of hydrogen-bond donors (Lipinski definition) is 2. The molecule has 0 spiro atoms. The maximum absolute atomic E-state index is 12.3. The zero-order valence-electron chi connectivity index (χ0n) is 11.7. The lowest BCUT2D eigenvalue weighted by atomic mass is 10.1. The molecule has 1 aromatic heterocycles. The second kappa shape index (κ2) is 6.38. The summed E-state index contributed by atoms with van der Waals surface area (Å²) < 4.78 is 4.94. The van der Waals surface area contributed by atoms with Gasteiger partial charge in [-0.15, -0.1) is 0 Å². The second-order valence-corrected chi connectivity index (χ2v) is 4.50. The summed E-state index contributed by atoms with van der Waals surface area (Å²) in [6.07, 6.45) is 0.743. The molecule has 0 saturated heterocycles. The minimum absolute atomic E-state index is 0.0751. The lowest BCUT2D eigenvalue weighted by Gasteiger charge is -2.17. The van der Waals surface area contributed by atoms with E-state index in [1.165, 1.54) is 0 Å². The van der Waals surface area contributed by atoms with Crippen LogP contribution in [0.5, 0.6) is 0 Å². The van der Waals surface area contributed by atoms with Gasteiger partial charge in [0.15, 0.2) is 0 Å². The molecular formula is C13H20N2O4. The molecule has 19 heavy (non-hydrogen) atoms. The Morgan fingerprint density at radius 2 is 2.00 bits per heavy atom. The van der Waals surface area contributed by atoms with Crippen molar-refractivity contribution in [2.24, 2.45) is 0 Å². The number of aromatic nitrogens is 1. The minimum atomic E-state index is -1.05. The van der Waals surface area contributed by atoms with Crippen LogP contribution in [0.2, 0.25) is 0 Å². The molecule has 1 heterocycles. The van der Waals surface area contributed by atoms with E-state index < -0.39 is 5.97 Å². The van der Waals surface area contributed by atoms with E-state index in [1.807, 2.05) is 0 Å². The van der Waals surface area contributed by atoms with E-state index in [-0.39, 0.29) is 11.6 Å². The van der Waals surface area contributed by atoms with Gasteiger partial charge in [-0.25, -0.2) is 4.79 Å². The number of nitrogens with one attached hydrogen (secondary N) is 1. The first kappa shape index (κ1) is 15.2. The van der Waals surface area contributed by atoms with Crippen molar-refractivity contribution in [2.45, 2.75) is 20.3 Å². The van der Waals surface area contributed by atoms with Gasteiger partial charge < -0.3 is 19.7 Å². The van der Waals surface area contributed by atoms with Crippen molar-refractivity contribution in [1.29, 1.82) is 0 Å². The highest BCUT2D eigenvalue weighted by Gasteiger charge is 2.23. The molecule has 1 rings (SSSR count). The quantitative estimate of drug-likeness (QED) is 0.765. The molecule has 0 aliphatic rings. The summed E-state index contributed by atoms with van der Waals surface area (Å²) in [5, 5.41) is 9.02. The molecule has 1 aromatic rings. The average molecular weight is 268 g/mol. The third kappa shape index (κ3) is 3.35. The summed E-state index contributed by atoms with van der Waals surface area (Å²) in [7, 11) is 3.31. The first-order chi connectivity index (χ1) is 8.90. The molecule has 2 N–H and O–H groups in total. The summed E-state index contributed by atoms with van der Waals surface area (Å²) in [4.78, 5) is 27.6. The van der Waals surface area contributed by atoms with E-state index in [0.29, 0.717) is 30.0 Å². The highest BCUT2D eigenvalue weighted by Crippen LogP contribution is 2.19. The topological polar surface area (TPSA) is 82.6 Å². The highest BCUT2D eigenvalue weighted by atomic mass is 16.5. The number of amides is 1. The van der Waals surface area contributed by atoms with Crippen molar-refractivity contribution in [1.82, 2.24) is 9.88 Å². The molecule has 0 saturated carbocycles. The van der Waals surface area contributed by atoms with Crippen LogP contribution in [0.15, 0.2) is 0 Å². The fourth-order valence-corrected chi connectivity index (χ4v) is 2.02. The Labute approximate surface area is 112 Å². The molecule has 0 aliphatic carbocycles. The monoisotopic (exact) mass is 268 g/mol. The lowest BCUT2D eigenvalue weighted by molar-refractivity contribution is 0.0690. The molecule has 6 nitrogen and oxygen atoms in total. The number of aromatic amines is 1. The Morgan fingerprint density at radius 1 is 1.37 bits per heavy atom. The van der Waals surface area contributed by atoms with Crippen molar-refractivity contribution in [3.8, 4) is 0 Å². The van der Waals surface area contributed by atoms with E-state index in [4.69, 9.17) is 9.84 Å². The Kier molecular flexibility index (Phi) is 5.11. The summed E-state index contributed by atoms with van der Waals surface area (Å²) in [6, 6.07) is 0. The molecule has 6 heteroatoms. The van der Waals surface area contributed by atoms with E-state index >= 15 is 0 Å². The van der Waals surface area contributed by atoms with Gasteiger partial charge in [0, 0.05) is 33.0 Å². The van der Waals surface area contributed by atoms with Gasteiger partial charge in [-0.2, -0.15) is 0 Å². The van der Waals surface area contributed by atoms with E-state index in [9.17, 15) is 9.59 Å². The number of nitrogens with zero attached hydrogens (tertiary/aromatic N) is 1. The number of aromatic carboxylic acids is 1. The fourth-order valence-electron chi connectivity index (χ4n) is 2.02. The SMILES string of the molecule is COCCCN(C)C(=O)c1c(C)[nH]c(C(=O)O)c1C. The molecule has 0 bridgehead atoms. The standard InChI is InChI=1S/C13H20N2O4/c1-8-10(9(2)14-11(8)13(17)18)12(16)15(3)6-5-7-19-4/h14H,5-7H2,1-4H3,(H,17,18). The number of hydrogen-bond acceptors (Lipinski definition) is 3. The first-order valence-electron chi connectivity index (χ1n) is 6.07. The maximum Gasteiger partial charge on any atom is 0.352 e. The van der Waals surface area contributed by atoms with Crippen LogP contribution in [0.4, 0.5) is 0 Å². The van der Waals surface area contributed by atoms with Gasteiger partial charge in [-0.05, 0) is 25.8 Å². The van der Waals surface area contributed by atoms with Crippen LogP contribution < -0.4 is 0 Å². The van der Waals surface area contributed by atoms with Crippen LogP contribution in [0.3, 0.4) is 0 Å². The Hall–Kier alpha value is -1.82. The summed E-state index contributed by atoms with van der Waals surface area (Å²) in [6.45, 7) is 4.50. The van der Waals surface area contributed by atoms with Gasteiger partial charge in [0.1, 0.15) is 5.69 Å². The van der Waals surface area contributed by atoms with Crippen LogP contribution in [0, 0.1) is 13.8 Å². The summed E-state index contributed by atoms with van der Waals surface area (Å²) in [5.41, 5.74) is 1.58. The normalized spacial score (nSPS) is 10.5. The molecule has 106 valence electrons. The number of methoxy groups -OCH3 is 1. The van der Waals surface area contributed by atoms with Gasteiger partial charge in [-0.3, -0.25) is 4.79 Å². The van der Waals surface area contributed by atoms with Crippen molar-refractivity contribution < 1.29 is 19.4 Å². The molecule has 0 atom stereocenters. The number of H-pyrrole nitrogens is 1. The maximum atomic E-state index is 12.3. The predicted molar refractivity (Wildman–Crippen MR) is 70.7 cm³/mol. The number of carboxylic acid groups (broad SMARTS) is 1. The van der Waals surface area contributed by atoms with Gasteiger partial charge in [0.25, 0.3) is 5.91 Å². The Morgan fingerprint density at radius 3 is 2.47 bits per heavy atom. The molecule has 0 radical (unpaired) electrons. The third-order valence-corrected chi connectivity index (χ3v) is 3.05. The smallest absolute Gasteiger partial charge is 0.352 e. The Balaban J connectivity index is 2.90. The fraction of sp³-hybridized carbons (Fsp3) is 0.538. The zero-order chi connectivity index (χ0) is 14.6. The third-order valence-electron chi connectivity index (χ3n) is 3.05. The molecule has 0 fully saturated rings. The number of carbonyl (C=O) groups excluding carboxylic acids is 1. The van der Waals surface area contributed by atoms with Crippen LogP contribution in [-0.4, -0.2) is 54.2 Å². The number of carboxylic acids is 1. The summed E-state index contributed by atoms with van der Waals surface area (Å²) >= 11 is 0. The average Bonchev–Trinajstić information content (AvgIpc) is 2.64. The van der Waals surface area contributed by atoms with E-state index in [0.717, 1.165) is 6.42 Å². The van der Waals surface area contributed by atoms with E-state index in [1.54, 1.807) is 32.9 Å². The highest BCUT2D eigenvalue weighted by molar-refractivity contribution is 6.00. The minimum Gasteiger partial charge on any atom is -0.477 e. The molecule has 0 unspecified atom stereocenters. The van der Waals surface area contributed by atoms with Crippen LogP contribution in [0.25, 0.3) is 0 Å². The second-order valence-electron chi connectivity index (χ2n) is 4.50. The largest absolute Gasteiger partial charge is 0.477 e. The van der Waals surface area contributed by atoms with Crippen molar-refractivity contribution in [3.05, 3.63) is 22.5 Å². The zero-order valence-corrected chi connectivity index (χ0v) is 11.7. The number of carbonyl (C=O) groups is 2. The molecule has 0 aliphatic heterocycles. The van der Waals surface area contributed by atoms with Crippen LogP contribution in [0.1, 0.15) is 38.5 Å². The number of ether oxygens (including phenoxy) is 1. The Bertz CT molecular complexity index is 479. The van der Waals surface area contributed by atoms with E-state index in [2.05, 4.69) is 4.98 Å². The van der Waals surface area contributed by atoms with Crippen molar-refractivity contribution in [2.75, 3.05) is 27.3 Å². The predicted octanol–water partition coefficient (Wildman–Crippen LogP) is 1.44. The first-order valence-corrected chi connectivity index (χ1v) is 6.07. The van der Waals surface area contributed by atoms with Gasteiger partial charge in [0.05, 0.1) is 5.56 Å². The number of rotatable bonds is 6. The molecular weight excluding hydrogens is 248 g/mol. The molecule has 1 amide bonds. The molecule has 0 aromatic carbocycles. The van der Waals surface area contributed by atoms with Gasteiger partial charge in [-0.1, -0.05) is 0 Å². The summed E-state index contributed by atoms with van der Waals surface area (Å²) in [5.74, 6) is -1.23.